The molecule has 3 aromatic rings. The molecule has 7 heteroatoms. The number of ether oxygens (including phenoxy) is 1. The minimum Gasteiger partial charge on any atom is -0.369 e. The van der Waals surface area contributed by atoms with Crippen molar-refractivity contribution in [2.24, 2.45) is 7.05 Å². The van der Waals surface area contributed by atoms with Crippen LogP contribution in [-0.4, -0.2) is 44.3 Å². The molecule has 7 nitrogen and oxygen atoms in total. The second-order valence-corrected chi connectivity index (χ2v) is 6.77. The number of rotatable bonds is 4. The van der Waals surface area contributed by atoms with Crippen LogP contribution in [0.5, 0.6) is 0 Å². The highest BCUT2D eigenvalue weighted by molar-refractivity contribution is 5.63. The summed E-state index contributed by atoms with van der Waals surface area (Å²) in [4.78, 5) is 11.6. The number of aromatic nitrogens is 4. The van der Waals surface area contributed by atoms with Crippen LogP contribution in [-0.2, 0) is 18.3 Å². The number of pyridine rings is 1. The van der Waals surface area contributed by atoms with Crippen LogP contribution in [0.25, 0.3) is 11.3 Å². The van der Waals surface area contributed by atoms with Gasteiger partial charge in [0.2, 0.25) is 0 Å². The van der Waals surface area contributed by atoms with Crippen molar-refractivity contribution in [1.82, 2.24) is 24.6 Å². The Morgan fingerprint density at radius 3 is 2.88 bits per heavy atom. The maximum atomic E-state index is 6.00. The van der Waals surface area contributed by atoms with E-state index in [1.54, 1.807) is 0 Å². The van der Waals surface area contributed by atoms with E-state index < -0.39 is 0 Å². The van der Waals surface area contributed by atoms with Gasteiger partial charge >= 0.3 is 0 Å². The first-order valence-corrected chi connectivity index (χ1v) is 8.81. The highest BCUT2D eigenvalue weighted by Gasteiger charge is 2.24. The van der Waals surface area contributed by atoms with Gasteiger partial charge < -0.3 is 13.8 Å². The van der Waals surface area contributed by atoms with Crippen molar-refractivity contribution in [3.63, 3.8) is 0 Å². The Hall–Kier alpha value is -2.51. The summed E-state index contributed by atoms with van der Waals surface area (Å²) in [6.07, 6.45) is 3.84. The first-order valence-electron chi connectivity index (χ1n) is 8.81. The second-order valence-electron chi connectivity index (χ2n) is 6.77. The zero-order valence-corrected chi connectivity index (χ0v) is 15.3. The van der Waals surface area contributed by atoms with Crippen LogP contribution in [0.3, 0.4) is 0 Å². The molecule has 1 aliphatic heterocycles. The fourth-order valence-corrected chi connectivity index (χ4v) is 3.42. The largest absolute Gasteiger partial charge is 0.369 e. The van der Waals surface area contributed by atoms with Crippen LogP contribution in [0.2, 0.25) is 0 Å². The third kappa shape index (κ3) is 3.40. The molecule has 0 amide bonds. The first kappa shape index (κ1) is 16.9. The number of nitrogens with zero attached hydrogens (tertiary/aromatic N) is 5. The summed E-state index contributed by atoms with van der Waals surface area (Å²) in [6, 6.07) is 6.03. The maximum absolute atomic E-state index is 6.00. The molecule has 1 aliphatic rings. The molecule has 4 heterocycles. The van der Waals surface area contributed by atoms with Gasteiger partial charge in [0.05, 0.1) is 41.3 Å². The van der Waals surface area contributed by atoms with Gasteiger partial charge in [-0.05, 0) is 26.0 Å². The van der Waals surface area contributed by atoms with Gasteiger partial charge in [-0.1, -0.05) is 11.2 Å². The average molecular weight is 353 g/mol. The molecule has 1 saturated heterocycles. The molecule has 0 N–H and O–H groups in total. The van der Waals surface area contributed by atoms with Crippen LogP contribution < -0.4 is 0 Å². The molecule has 0 radical (unpaired) electrons. The van der Waals surface area contributed by atoms with Crippen LogP contribution >= 0.6 is 0 Å². The highest BCUT2D eigenvalue weighted by Crippen LogP contribution is 2.28. The fraction of sp³-hybridized carbons (Fsp3) is 0.421. The molecule has 4 rings (SSSR count). The molecule has 3 aromatic heterocycles. The molecule has 0 saturated carbocycles. The van der Waals surface area contributed by atoms with Crippen molar-refractivity contribution in [2.75, 3.05) is 19.7 Å². The summed E-state index contributed by atoms with van der Waals surface area (Å²) < 4.78 is 13.3. The van der Waals surface area contributed by atoms with Gasteiger partial charge in [-0.2, -0.15) is 0 Å². The van der Waals surface area contributed by atoms with Crippen molar-refractivity contribution in [2.45, 2.75) is 26.5 Å². The van der Waals surface area contributed by atoms with Crippen LogP contribution in [0, 0.1) is 13.8 Å². The minimum absolute atomic E-state index is 0.0483. The molecular weight excluding hydrogens is 330 g/mol. The number of morpholine rings is 1. The SMILES string of the molecule is Cc1noc(C)c1-c1cccc([C@@H]2CN(Cc3cn(C)cn3)CCO2)n1. The zero-order chi connectivity index (χ0) is 18.1. The van der Waals surface area contributed by atoms with Gasteiger partial charge in [-0.3, -0.25) is 4.90 Å². The molecule has 0 aliphatic carbocycles. The molecule has 0 aromatic carbocycles. The molecule has 1 atom stereocenters. The van der Waals surface area contributed by atoms with Gasteiger partial charge in [0, 0.05) is 32.9 Å². The van der Waals surface area contributed by atoms with Crippen molar-refractivity contribution in [1.29, 1.82) is 0 Å². The van der Waals surface area contributed by atoms with E-state index in [1.807, 2.05) is 50.0 Å². The Labute approximate surface area is 152 Å². The van der Waals surface area contributed by atoms with E-state index in [0.29, 0.717) is 6.61 Å². The molecular formula is C19H23N5O2. The third-order valence-corrected chi connectivity index (χ3v) is 4.68. The van der Waals surface area contributed by atoms with Gasteiger partial charge in [0.25, 0.3) is 0 Å². The average Bonchev–Trinajstić information content (AvgIpc) is 3.20. The van der Waals surface area contributed by atoms with E-state index in [-0.39, 0.29) is 6.10 Å². The van der Waals surface area contributed by atoms with Crippen molar-refractivity contribution in [3.8, 4) is 11.3 Å². The second kappa shape index (κ2) is 7.01. The highest BCUT2D eigenvalue weighted by atomic mass is 16.5. The summed E-state index contributed by atoms with van der Waals surface area (Å²) in [6.45, 7) is 7.06. The smallest absolute Gasteiger partial charge is 0.143 e. The summed E-state index contributed by atoms with van der Waals surface area (Å²) in [5, 5.41) is 4.03. The number of imidazole rings is 1. The Morgan fingerprint density at radius 2 is 2.15 bits per heavy atom. The Balaban J connectivity index is 1.53. The Bertz CT molecular complexity index is 881. The van der Waals surface area contributed by atoms with E-state index in [2.05, 4.69) is 21.2 Å². The molecule has 0 bridgehead atoms. The van der Waals surface area contributed by atoms with E-state index in [1.165, 1.54) is 0 Å². The predicted molar refractivity (Wildman–Crippen MR) is 96.4 cm³/mol. The van der Waals surface area contributed by atoms with Crippen molar-refractivity contribution >= 4 is 0 Å². The summed E-state index contributed by atoms with van der Waals surface area (Å²) >= 11 is 0. The van der Waals surface area contributed by atoms with E-state index in [4.69, 9.17) is 14.2 Å². The minimum atomic E-state index is -0.0483. The third-order valence-electron chi connectivity index (χ3n) is 4.68. The topological polar surface area (TPSA) is 69.2 Å². The maximum Gasteiger partial charge on any atom is 0.143 e. The molecule has 26 heavy (non-hydrogen) atoms. The summed E-state index contributed by atoms with van der Waals surface area (Å²) in [5.41, 5.74) is 4.71. The van der Waals surface area contributed by atoms with E-state index in [0.717, 1.165) is 53.7 Å². The zero-order valence-electron chi connectivity index (χ0n) is 15.3. The van der Waals surface area contributed by atoms with Gasteiger partial charge in [0.15, 0.2) is 0 Å². The van der Waals surface area contributed by atoms with Gasteiger partial charge in [-0.25, -0.2) is 9.97 Å². The van der Waals surface area contributed by atoms with E-state index in [9.17, 15) is 0 Å². The van der Waals surface area contributed by atoms with Gasteiger partial charge in [-0.15, -0.1) is 0 Å². The molecule has 0 spiro atoms. The number of hydrogen-bond acceptors (Lipinski definition) is 6. The summed E-state index contributed by atoms with van der Waals surface area (Å²) in [7, 11) is 1.99. The summed E-state index contributed by atoms with van der Waals surface area (Å²) in [5.74, 6) is 0.786. The lowest BCUT2D eigenvalue weighted by Gasteiger charge is -2.32. The van der Waals surface area contributed by atoms with Crippen molar-refractivity contribution < 1.29 is 9.26 Å². The predicted octanol–water partition coefficient (Wildman–Crippen LogP) is 2.66. The standard InChI is InChI=1S/C19H23N5O2/c1-13-19(14(2)26-22-13)17-6-4-5-16(21-17)18-11-24(7-8-25-18)10-15-9-23(3)12-20-15/h4-6,9,12,18H,7-8,10-11H2,1-3H3/t18-/m0/s1. The Kier molecular flexibility index (Phi) is 4.57. The molecule has 136 valence electrons. The number of aryl methyl sites for hydroxylation is 3. The van der Waals surface area contributed by atoms with Crippen LogP contribution in [0.1, 0.15) is 28.9 Å². The fourth-order valence-electron chi connectivity index (χ4n) is 3.42. The lowest BCUT2D eigenvalue weighted by Crippen LogP contribution is -2.38. The molecule has 0 unspecified atom stereocenters. The Morgan fingerprint density at radius 1 is 1.27 bits per heavy atom. The van der Waals surface area contributed by atoms with Crippen LogP contribution in [0.15, 0.2) is 35.2 Å². The first-order chi connectivity index (χ1) is 12.6. The monoisotopic (exact) mass is 353 g/mol. The number of hydrogen-bond donors (Lipinski definition) is 0. The quantitative estimate of drug-likeness (QED) is 0.718. The molecule has 1 fully saturated rings. The van der Waals surface area contributed by atoms with E-state index >= 15 is 0 Å². The van der Waals surface area contributed by atoms with Crippen LogP contribution in [0.4, 0.5) is 0 Å². The lowest BCUT2D eigenvalue weighted by molar-refractivity contribution is -0.0352. The van der Waals surface area contributed by atoms with Gasteiger partial charge in [0.1, 0.15) is 11.9 Å². The van der Waals surface area contributed by atoms with Crippen molar-refractivity contribution in [3.05, 3.63) is 53.6 Å². The normalized spacial score (nSPS) is 18.3. The lowest BCUT2D eigenvalue weighted by atomic mass is 10.1.